The molecule has 0 bridgehead atoms. The van der Waals surface area contributed by atoms with E-state index in [2.05, 4.69) is 6.92 Å². The van der Waals surface area contributed by atoms with Gasteiger partial charge in [-0.25, -0.2) is 4.79 Å². The average molecular weight is 366 g/mol. The van der Waals surface area contributed by atoms with Crippen molar-refractivity contribution < 1.29 is 23.4 Å². The van der Waals surface area contributed by atoms with Crippen molar-refractivity contribution in [1.29, 1.82) is 0 Å². The van der Waals surface area contributed by atoms with Crippen LogP contribution in [0.25, 0.3) is 6.08 Å². The first-order chi connectivity index (χ1) is 12.4. The number of carbonyl (C=O) groups is 1. The molecule has 144 valence electrons. The molecule has 0 spiro atoms. The van der Waals surface area contributed by atoms with Gasteiger partial charge >= 0.3 is 12.1 Å². The molecule has 1 saturated carbocycles. The molecule has 0 heterocycles. The van der Waals surface area contributed by atoms with E-state index in [1.807, 2.05) is 0 Å². The molecule has 0 saturated heterocycles. The lowest BCUT2D eigenvalue weighted by Crippen LogP contribution is -2.37. The van der Waals surface area contributed by atoms with Gasteiger partial charge in [-0.05, 0) is 55.4 Å². The second-order valence-electron chi connectivity index (χ2n) is 7.12. The zero-order valence-corrected chi connectivity index (χ0v) is 15.3. The highest BCUT2D eigenvalue weighted by molar-refractivity contribution is 5.85. The first-order valence-electron chi connectivity index (χ1n) is 9.48. The molecule has 0 radical (unpaired) electrons. The van der Waals surface area contributed by atoms with Crippen LogP contribution in [0.15, 0.2) is 30.3 Å². The van der Waals surface area contributed by atoms with Gasteiger partial charge in [-0.2, -0.15) is 8.78 Å². The SMILES string of the molecule is CCCCCC1CCC(C(F)(F)Oc2ccc(C=CC(=O)O)cc2)CC1. The molecule has 26 heavy (non-hydrogen) atoms. The smallest absolute Gasteiger partial charge is 0.400 e. The van der Waals surface area contributed by atoms with Crippen LogP contribution in [0.1, 0.15) is 63.9 Å². The first-order valence-corrected chi connectivity index (χ1v) is 9.48. The number of carboxylic acids is 1. The Hall–Kier alpha value is -1.91. The lowest BCUT2D eigenvalue weighted by atomic mass is 9.79. The Kier molecular flexibility index (Phi) is 7.61. The summed E-state index contributed by atoms with van der Waals surface area (Å²) in [6, 6.07) is 6.03. The number of ether oxygens (including phenoxy) is 1. The Morgan fingerprint density at radius 2 is 1.85 bits per heavy atom. The van der Waals surface area contributed by atoms with Crippen LogP contribution in [0.4, 0.5) is 8.78 Å². The molecule has 1 aliphatic carbocycles. The van der Waals surface area contributed by atoms with E-state index < -0.39 is 18.0 Å². The largest absolute Gasteiger partial charge is 0.478 e. The van der Waals surface area contributed by atoms with Crippen molar-refractivity contribution in [3.8, 4) is 5.75 Å². The molecule has 1 aromatic rings. The molecule has 0 unspecified atom stereocenters. The molecule has 2 rings (SSSR count). The topological polar surface area (TPSA) is 46.5 Å². The molecule has 0 aliphatic heterocycles. The number of halogens is 2. The van der Waals surface area contributed by atoms with Crippen molar-refractivity contribution >= 4 is 12.0 Å². The lowest BCUT2D eigenvalue weighted by molar-refractivity contribution is -0.223. The highest BCUT2D eigenvalue weighted by atomic mass is 19.3. The third-order valence-electron chi connectivity index (χ3n) is 5.09. The molecular formula is C21H28F2O3. The van der Waals surface area contributed by atoms with Crippen molar-refractivity contribution in [3.63, 3.8) is 0 Å². The van der Waals surface area contributed by atoms with E-state index in [-0.39, 0.29) is 5.75 Å². The summed E-state index contributed by atoms with van der Waals surface area (Å²) in [5, 5.41) is 8.59. The number of benzene rings is 1. The Balaban J connectivity index is 1.85. The fourth-order valence-corrected chi connectivity index (χ4v) is 3.53. The van der Waals surface area contributed by atoms with E-state index in [0.717, 1.165) is 25.3 Å². The summed E-state index contributed by atoms with van der Waals surface area (Å²) in [5.74, 6) is -1.11. The van der Waals surface area contributed by atoms with Crippen LogP contribution >= 0.6 is 0 Å². The van der Waals surface area contributed by atoms with Crippen molar-refractivity contribution in [1.82, 2.24) is 0 Å². The zero-order valence-electron chi connectivity index (χ0n) is 15.3. The molecular weight excluding hydrogens is 338 g/mol. The lowest BCUT2D eigenvalue weighted by Gasteiger charge is -2.33. The summed E-state index contributed by atoms with van der Waals surface area (Å²) in [5.41, 5.74) is 0.621. The van der Waals surface area contributed by atoms with Crippen LogP contribution in [-0.2, 0) is 4.79 Å². The zero-order chi connectivity index (χ0) is 19.0. The average Bonchev–Trinajstić information content (AvgIpc) is 2.61. The third kappa shape index (κ3) is 6.43. The molecule has 0 aromatic heterocycles. The second-order valence-corrected chi connectivity index (χ2v) is 7.12. The number of hydrogen-bond acceptors (Lipinski definition) is 2. The highest BCUT2D eigenvalue weighted by Gasteiger charge is 2.43. The van der Waals surface area contributed by atoms with E-state index in [0.29, 0.717) is 24.3 Å². The normalized spacial score (nSPS) is 21.0. The monoisotopic (exact) mass is 366 g/mol. The third-order valence-corrected chi connectivity index (χ3v) is 5.09. The first kappa shape index (κ1) is 20.4. The van der Waals surface area contributed by atoms with Crippen molar-refractivity contribution in [3.05, 3.63) is 35.9 Å². The van der Waals surface area contributed by atoms with Crippen molar-refractivity contribution in [2.45, 2.75) is 64.4 Å². The van der Waals surface area contributed by atoms with Gasteiger partial charge in [0, 0.05) is 6.08 Å². The van der Waals surface area contributed by atoms with Gasteiger partial charge in [0.05, 0.1) is 5.92 Å². The maximum absolute atomic E-state index is 14.5. The van der Waals surface area contributed by atoms with Crippen LogP contribution in [0.5, 0.6) is 5.75 Å². The van der Waals surface area contributed by atoms with Crippen LogP contribution in [0, 0.1) is 11.8 Å². The van der Waals surface area contributed by atoms with Gasteiger partial charge in [-0.3, -0.25) is 0 Å². The standard InChI is InChI=1S/C21H28F2O3/c1-2-3-4-5-16-6-11-18(12-7-16)21(22,23)26-19-13-8-17(9-14-19)10-15-20(24)25/h8-10,13-16,18H,2-7,11-12H2,1H3,(H,24,25). The summed E-state index contributed by atoms with van der Waals surface area (Å²) in [4.78, 5) is 10.5. The maximum atomic E-state index is 14.5. The molecule has 0 atom stereocenters. The number of unbranched alkanes of at least 4 members (excludes halogenated alkanes) is 2. The summed E-state index contributed by atoms with van der Waals surface area (Å²) in [7, 11) is 0. The summed E-state index contributed by atoms with van der Waals surface area (Å²) < 4.78 is 33.9. The Morgan fingerprint density at radius 1 is 1.19 bits per heavy atom. The molecule has 1 aromatic carbocycles. The van der Waals surface area contributed by atoms with Gasteiger partial charge in [-0.15, -0.1) is 0 Å². The Bertz CT molecular complexity index is 588. The van der Waals surface area contributed by atoms with Crippen LogP contribution in [0.3, 0.4) is 0 Å². The minimum atomic E-state index is -3.17. The molecule has 1 N–H and O–H groups in total. The van der Waals surface area contributed by atoms with E-state index in [1.54, 1.807) is 12.1 Å². The molecule has 1 fully saturated rings. The molecule has 3 nitrogen and oxygen atoms in total. The predicted molar refractivity (Wildman–Crippen MR) is 98.3 cm³/mol. The molecule has 0 amide bonds. The molecule has 5 heteroatoms. The van der Waals surface area contributed by atoms with Gasteiger partial charge in [0.15, 0.2) is 0 Å². The highest BCUT2D eigenvalue weighted by Crippen LogP contribution is 2.41. The number of alkyl halides is 2. The van der Waals surface area contributed by atoms with E-state index in [4.69, 9.17) is 9.84 Å². The van der Waals surface area contributed by atoms with E-state index >= 15 is 0 Å². The second kappa shape index (κ2) is 9.70. The van der Waals surface area contributed by atoms with Gasteiger partial charge in [0.25, 0.3) is 0 Å². The molecule has 1 aliphatic rings. The minimum Gasteiger partial charge on any atom is -0.478 e. The van der Waals surface area contributed by atoms with Gasteiger partial charge in [0.1, 0.15) is 5.75 Å². The quantitative estimate of drug-likeness (QED) is 0.421. The fraction of sp³-hybridized carbons (Fsp3) is 0.571. The van der Waals surface area contributed by atoms with Crippen LogP contribution < -0.4 is 4.74 Å². The number of rotatable bonds is 9. The van der Waals surface area contributed by atoms with Crippen molar-refractivity contribution in [2.75, 3.05) is 0 Å². The van der Waals surface area contributed by atoms with Crippen molar-refractivity contribution in [2.24, 2.45) is 11.8 Å². The number of aliphatic carboxylic acids is 1. The summed E-state index contributed by atoms with van der Waals surface area (Å²) >= 11 is 0. The van der Waals surface area contributed by atoms with Gasteiger partial charge < -0.3 is 9.84 Å². The van der Waals surface area contributed by atoms with E-state index in [9.17, 15) is 13.6 Å². The predicted octanol–water partition coefficient (Wildman–Crippen LogP) is 6.14. The number of carboxylic acid groups (broad SMARTS) is 1. The Morgan fingerprint density at radius 3 is 2.42 bits per heavy atom. The van der Waals surface area contributed by atoms with E-state index in [1.165, 1.54) is 37.5 Å². The Labute approximate surface area is 154 Å². The van der Waals surface area contributed by atoms with Gasteiger partial charge in [-0.1, -0.05) is 44.7 Å². The summed E-state index contributed by atoms with van der Waals surface area (Å²) in [6.07, 6.45) is 6.70. The fourth-order valence-electron chi connectivity index (χ4n) is 3.53. The number of hydrogen-bond donors (Lipinski definition) is 1. The van der Waals surface area contributed by atoms with Gasteiger partial charge in [0.2, 0.25) is 0 Å². The van der Waals surface area contributed by atoms with Crippen LogP contribution in [-0.4, -0.2) is 17.2 Å². The summed E-state index contributed by atoms with van der Waals surface area (Å²) in [6.45, 7) is 2.17. The maximum Gasteiger partial charge on any atom is 0.400 e. The van der Waals surface area contributed by atoms with Crippen LogP contribution in [0.2, 0.25) is 0 Å². The minimum absolute atomic E-state index is 0.104.